The largest absolute Gasteiger partial charge is 0.380 e. The van der Waals surface area contributed by atoms with Crippen LogP contribution in [0.15, 0.2) is 51.5 Å². The van der Waals surface area contributed by atoms with E-state index in [1.807, 2.05) is 49.5 Å². The maximum absolute atomic E-state index is 9.94. The Labute approximate surface area is 148 Å². The smallest absolute Gasteiger partial charge is 0.211 e. The van der Waals surface area contributed by atoms with E-state index in [-0.39, 0.29) is 0 Å². The number of nitrogens with one attached hydrogen (secondary N) is 2. The molecule has 7 heteroatoms. The number of likely N-dealkylation sites (N-methyl/N-ethyl adjacent to an activating group) is 1. The Bertz CT molecular complexity index is 787. The van der Waals surface area contributed by atoms with Crippen molar-refractivity contribution >= 4 is 44.8 Å². The number of rotatable bonds is 5. The van der Waals surface area contributed by atoms with Crippen LogP contribution in [0.3, 0.4) is 0 Å². The van der Waals surface area contributed by atoms with Crippen molar-refractivity contribution in [1.29, 1.82) is 0 Å². The molecule has 1 heterocycles. The maximum Gasteiger partial charge on any atom is 0.211 e. The average Bonchev–Trinajstić information content (AvgIpc) is 2.96. The summed E-state index contributed by atoms with van der Waals surface area (Å²) < 4.78 is 6.08. The van der Waals surface area contributed by atoms with Crippen LogP contribution in [-0.2, 0) is 11.2 Å². The van der Waals surface area contributed by atoms with E-state index < -0.39 is 0 Å². The first kappa shape index (κ1) is 18.0. The topological polar surface area (TPSA) is 93.2 Å². The van der Waals surface area contributed by atoms with Crippen molar-refractivity contribution in [3.63, 3.8) is 0 Å². The summed E-state index contributed by atoms with van der Waals surface area (Å²) in [4.78, 5) is 9.94. The Balaban J connectivity index is 0.000000185. The Kier molecular flexibility index (Phi) is 6.77. The zero-order valence-electron chi connectivity index (χ0n) is 13.3. The molecule has 0 fully saturated rings. The first-order valence-electron chi connectivity index (χ1n) is 7.38. The molecule has 0 unspecified atom stereocenters. The highest BCUT2D eigenvalue weighted by molar-refractivity contribution is 9.10. The zero-order valence-corrected chi connectivity index (χ0v) is 14.8. The zero-order chi connectivity index (χ0) is 17.4. The Morgan fingerprint density at radius 1 is 1.25 bits per heavy atom. The Morgan fingerprint density at radius 2 is 2.00 bits per heavy atom. The number of carbonyl (C=O) groups excluding carboxylic acids is 1. The van der Waals surface area contributed by atoms with Gasteiger partial charge >= 0.3 is 0 Å². The Hall–Kier alpha value is -2.38. The van der Waals surface area contributed by atoms with Crippen molar-refractivity contribution in [2.75, 3.05) is 24.6 Å². The molecular weight excluding hydrogens is 372 g/mol. The van der Waals surface area contributed by atoms with Gasteiger partial charge < -0.3 is 20.9 Å². The molecule has 1 amide bonds. The van der Waals surface area contributed by atoms with Gasteiger partial charge in [-0.05, 0) is 62.0 Å². The lowest BCUT2D eigenvalue weighted by Gasteiger charge is -1.99. The van der Waals surface area contributed by atoms with Gasteiger partial charge in [0.25, 0.3) is 0 Å². The maximum atomic E-state index is 9.94. The van der Waals surface area contributed by atoms with Gasteiger partial charge in [0.1, 0.15) is 0 Å². The molecule has 3 rings (SSSR count). The van der Waals surface area contributed by atoms with E-state index in [2.05, 4.69) is 31.7 Å². The summed E-state index contributed by atoms with van der Waals surface area (Å²) in [6.45, 7) is 0.953. The molecule has 24 heavy (non-hydrogen) atoms. The number of nitrogens with zero attached hydrogens (tertiary/aromatic N) is 1. The molecule has 0 atom stereocenters. The predicted octanol–water partition coefficient (Wildman–Crippen LogP) is 3.19. The van der Waals surface area contributed by atoms with E-state index >= 15 is 0 Å². The van der Waals surface area contributed by atoms with Crippen molar-refractivity contribution < 1.29 is 9.32 Å². The minimum absolute atomic E-state index is 0.458. The third-order valence-corrected chi connectivity index (χ3v) is 3.83. The summed E-state index contributed by atoms with van der Waals surface area (Å²) in [5.41, 5.74) is 8.40. The number of aromatic nitrogens is 1. The molecule has 4 N–H and O–H groups in total. The number of amides is 1. The van der Waals surface area contributed by atoms with Gasteiger partial charge in [-0.3, -0.25) is 4.79 Å². The van der Waals surface area contributed by atoms with Gasteiger partial charge in [-0.2, -0.15) is 0 Å². The number of hydrogen-bond acceptors (Lipinski definition) is 5. The van der Waals surface area contributed by atoms with Gasteiger partial charge in [0.15, 0.2) is 11.4 Å². The number of halogens is 1. The second-order valence-electron chi connectivity index (χ2n) is 5.02. The molecule has 0 saturated carbocycles. The van der Waals surface area contributed by atoms with Gasteiger partial charge in [0, 0.05) is 10.2 Å². The van der Waals surface area contributed by atoms with Crippen LogP contribution < -0.4 is 16.4 Å². The van der Waals surface area contributed by atoms with Crippen LogP contribution in [0.5, 0.6) is 0 Å². The number of benzene rings is 2. The quantitative estimate of drug-likeness (QED) is 0.581. The van der Waals surface area contributed by atoms with Crippen molar-refractivity contribution in [2.24, 2.45) is 0 Å². The van der Waals surface area contributed by atoms with Crippen molar-refractivity contribution in [3.8, 4) is 0 Å². The molecule has 3 aromatic rings. The molecule has 126 valence electrons. The normalized spacial score (nSPS) is 10.1. The van der Waals surface area contributed by atoms with Crippen LogP contribution >= 0.6 is 15.9 Å². The van der Waals surface area contributed by atoms with Crippen molar-refractivity contribution in [1.82, 2.24) is 10.5 Å². The van der Waals surface area contributed by atoms with Gasteiger partial charge in [0.05, 0.1) is 5.39 Å². The van der Waals surface area contributed by atoms with E-state index in [0.717, 1.165) is 34.1 Å². The lowest BCUT2D eigenvalue weighted by molar-refractivity contribution is -0.105. The molecule has 0 saturated heterocycles. The van der Waals surface area contributed by atoms with Gasteiger partial charge in [-0.1, -0.05) is 27.2 Å². The molecule has 6 nitrogen and oxygen atoms in total. The lowest BCUT2D eigenvalue weighted by atomic mass is 10.1. The SMILES string of the molecule is CNCCc1ccc2c(N)noc2c1.O=CNc1ccc(Br)cc1. The molecule has 2 aromatic carbocycles. The summed E-state index contributed by atoms with van der Waals surface area (Å²) in [5.74, 6) is 0.458. The molecule has 0 radical (unpaired) electrons. The molecule has 0 bridgehead atoms. The van der Waals surface area contributed by atoms with Crippen LogP contribution in [0.2, 0.25) is 0 Å². The molecule has 0 aliphatic carbocycles. The van der Waals surface area contributed by atoms with Gasteiger partial charge in [0.2, 0.25) is 6.41 Å². The fraction of sp³-hybridized carbons (Fsp3) is 0.176. The summed E-state index contributed by atoms with van der Waals surface area (Å²) in [6, 6.07) is 13.4. The van der Waals surface area contributed by atoms with Crippen molar-refractivity contribution in [2.45, 2.75) is 6.42 Å². The number of fused-ring (bicyclic) bond motifs is 1. The lowest BCUT2D eigenvalue weighted by Crippen LogP contribution is -2.10. The fourth-order valence-corrected chi connectivity index (χ4v) is 2.30. The standard InChI is InChI=1S/C10H13N3O.C7H6BrNO/c1-12-5-4-7-2-3-8-9(6-7)14-13-10(8)11;8-6-1-3-7(4-2-6)9-5-10/h2-3,6,12H,4-5H2,1H3,(H2,11,13);1-5H,(H,9,10). The number of anilines is 2. The third kappa shape index (κ3) is 5.07. The van der Waals surface area contributed by atoms with Crippen LogP contribution in [0.25, 0.3) is 11.0 Å². The molecular formula is C17H19BrN4O2. The highest BCUT2D eigenvalue weighted by atomic mass is 79.9. The van der Waals surface area contributed by atoms with E-state index in [4.69, 9.17) is 10.3 Å². The number of nitrogen functional groups attached to an aromatic ring is 1. The number of nitrogens with two attached hydrogens (primary N) is 1. The summed E-state index contributed by atoms with van der Waals surface area (Å²) in [7, 11) is 1.94. The summed E-state index contributed by atoms with van der Waals surface area (Å²) in [6.07, 6.45) is 1.64. The molecule has 0 aliphatic heterocycles. The highest BCUT2D eigenvalue weighted by Crippen LogP contribution is 2.21. The molecule has 0 aliphatic rings. The van der Waals surface area contributed by atoms with E-state index in [1.165, 1.54) is 5.56 Å². The third-order valence-electron chi connectivity index (χ3n) is 3.30. The first-order chi connectivity index (χ1) is 11.6. The Morgan fingerprint density at radius 3 is 2.67 bits per heavy atom. The number of hydrogen-bond donors (Lipinski definition) is 3. The minimum Gasteiger partial charge on any atom is -0.380 e. The van der Waals surface area contributed by atoms with E-state index in [1.54, 1.807) is 0 Å². The van der Waals surface area contributed by atoms with Crippen LogP contribution in [0.4, 0.5) is 11.5 Å². The molecule has 0 spiro atoms. The second kappa shape index (κ2) is 9.05. The van der Waals surface area contributed by atoms with Crippen molar-refractivity contribution in [3.05, 3.63) is 52.5 Å². The van der Waals surface area contributed by atoms with Gasteiger partial charge in [-0.15, -0.1) is 0 Å². The molecule has 1 aromatic heterocycles. The summed E-state index contributed by atoms with van der Waals surface area (Å²) in [5, 5.41) is 10.2. The van der Waals surface area contributed by atoms with E-state index in [9.17, 15) is 4.79 Å². The fourth-order valence-electron chi connectivity index (χ4n) is 2.04. The van der Waals surface area contributed by atoms with Crippen LogP contribution in [-0.4, -0.2) is 25.2 Å². The monoisotopic (exact) mass is 390 g/mol. The van der Waals surface area contributed by atoms with Crippen LogP contribution in [0, 0.1) is 0 Å². The van der Waals surface area contributed by atoms with E-state index in [0.29, 0.717) is 12.2 Å². The number of carbonyl (C=O) groups is 1. The highest BCUT2D eigenvalue weighted by Gasteiger charge is 2.04. The van der Waals surface area contributed by atoms with Gasteiger partial charge in [-0.25, -0.2) is 0 Å². The predicted molar refractivity (Wildman–Crippen MR) is 99.9 cm³/mol. The minimum atomic E-state index is 0.458. The second-order valence-corrected chi connectivity index (χ2v) is 5.94. The first-order valence-corrected chi connectivity index (χ1v) is 8.17. The van der Waals surface area contributed by atoms with Crippen LogP contribution in [0.1, 0.15) is 5.56 Å². The summed E-state index contributed by atoms with van der Waals surface area (Å²) >= 11 is 3.28. The average molecular weight is 391 g/mol.